The first-order valence-corrected chi connectivity index (χ1v) is 16.3. The summed E-state index contributed by atoms with van der Waals surface area (Å²) in [5.74, 6) is -0.901. The minimum atomic E-state index is -4.20. The van der Waals surface area contributed by atoms with Crippen molar-refractivity contribution >= 4 is 50.7 Å². The lowest BCUT2D eigenvalue weighted by atomic mass is 10.0. The number of rotatable bonds is 11. The number of halogens is 2. The first-order valence-electron chi connectivity index (χ1n) is 14.1. The number of nitrogens with zero attached hydrogens (tertiary/aromatic N) is 2. The number of para-hydroxylation sites is 1. The van der Waals surface area contributed by atoms with Gasteiger partial charge in [0.05, 0.1) is 10.6 Å². The molecule has 10 heteroatoms. The van der Waals surface area contributed by atoms with E-state index in [2.05, 4.69) is 5.32 Å². The highest BCUT2D eigenvalue weighted by molar-refractivity contribution is 7.92. The zero-order chi connectivity index (χ0) is 31.9. The minimum Gasteiger partial charge on any atom is -0.350 e. The van der Waals surface area contributed by atoms with Crippen LogP contribution in [0.15, 0.2) is 114 Å². The normalized spacial score (nSPS) is 12.3. The smallest absolute Gasteiger partial charge is 0.264 e. The Morgan fingerprint density at radius 1 is 0.750 bits per heavy atom. The Labute approximate surface area is 269 Å². The maximum Gasteiger partial charge on any atom is 0.264 e. The van der Waals surface area contributed by atoms with Crippen LogP contribution in [0, 0.1) is 0 Å². The molecule has 7 nitrogen and oxygen atoms in total. The first kappa shape index (κ1) is 33.1. The molecule has 0 bridgehead atoms. The van der Waals surface area contributed by atoms with E-state index in [4.69, 9.17) is 23.2 Å². The monoisotopic (exact) mass is 651 g/mol. The Morgan fingerprint density at radius 3 is 1.82 bits per heavy atom. The minimum absolute atomic E-state index is 0.0193. The molecule has 0 saturated carbocycles. The summed E-state index contributed by atoms with van der Waals surface area (Å²) in [6.45, 7) is 5.11. The summed E-state index contributed by atoms with van der Waals surface area (Å²) in [6, 6.07) is 29.6. The van der Waals surface area contributed by atoms with E-state index >= 15 is 0 Å². The lowest BCUT2D eigenvalue weighted by molar-refractivity contribution is -0.140. The van der Waals surface area contributed by atoms with Crippen LogP contribution in [0.3, 0.4) is 0 Å². The van der Waals surface area contributed by atoms with Crippen molar-refractivity contribution in [1.29, 1.82) is 0 Å². The van der Waals surface area contributed by atoms with Gasteiger partial charge in [-0.05, 0) is 80.4 Å². The van der Waals surface area contributed by atoms with Crippen molar-refractivity contribution in [2.75, 3.05) is 10.8 Å². The van der Waals surface area contributed by atoms with E-state index in [1.165, 1.54) is 29.2 Å². The van der Waals surface area contributed by atoms with E-state index in [-0.39, 0.29) is 23.8 Å². The molecule has 0 aliphatic rings. The van der Waals surface area contributed by atoms with Crippen LogP contribution < -0.4 is 9.62 Å². The predicted molar refractivity (Wildman–Crippen MR) is 176 cm³/mol. The number of nitrogens with one attached hydrogen (secondary N) is 1. The number of amides is 2. The highest BCUT2D eigenvalue weighted by Crippen LogP contribution is 2.26. The molecular formula is C34H35Cl2N3O4S. The summed E-state index contributed by atoms with van der Waals surface area (Å²) in [4.78, 5) is 29.7. The third-order valence-corrected chi connectivity index (χ3v) is 9.05. The van der Waals surface area contributed by atoms with Crippen molar-refractivity contribution < 1.29 is 18.0 Å². The predicted octanol–water partition coefficient (Wildman–Crippen LogP) is 6.74. The molecule has 1 atom stereocenters. The average Bonchev–Trinajstić information content (AvgIpc) is 2.98. The van der Waals surface area contributed by atoms with Crippen LogP contribution >= 0.6 is 23.2 Å². The van der Waals surface area contributed by atoms with Gasteiger partial charge in [0.25, 0.3) is 10.0 Å². The van der Waals surface area contributed by atoms with Crippen LogP contribution in [0.4, 0.5) is 5.69 Å². The van der Waals surface area contributed by atoms with Gasteiger partial charge in [0.15, 0.2) is 0 Å². The summed E-state index contributed by atoms with van der Waals surface area (Å²) >= 11 is 12.2. The van der Waals surface area contributed by atoms with E-state index in [9.17, 15) is 18.0 Å². The van der Waals surface area contributed by atoms with E-state index < -0.39 is 34.1 Å². The number of carbonyl (C=O) groups excluding carboxylic acids is 2. The molecule has 0 aliphatic heterocycles. The summed E-state index contributed by atoms with van der Waals surface area (Å²) in [5, 5.41) is 3.93. The second-order valence-corrected chi connectivity index (χ2v) is 14.1. The van der Waals surface area contributed by atoms with Gasteiger partial charge in [-0.15, -0.1) is 0 Å². The average molecular weight is 653 g/mol. The second kappa shape index (κ2) is 14.3. The van der Waals surface area contributed by atoms with Gasteiger partial charge >= 0.3 is 0 Å². The Morgan fingerprint density at radius 2 is 1.27 bits per heavy atom. The van der Waals surface area contributed by atoms with Crippen LogP contribution in [0.2, 0.25) is 10.0 Å². The lowest BCUT2D eigenvalue weighted by Gasteiger charge is -2.35. The molecule has 2 amide bonds. The van der Waals surface area contributed by atoms with Crippen molar-refractivity contribution in [2.45, 2.75) is 50.2 Å². The molecule has 0 radical (unpaired) electrons. The zero-order valence-corrected chi connectivity index (χ0v) is 27.1. The third-order valence-electron chi connectivity index (χ3n) is 6.76. The van der Waals surface area contributed by atoms with Crippen LogP contribution in [0.5, 0.6) is 0 Å². The second-order valence-electron chi connectivity index (χ2n) is 11.4. The SMILES string of the molecule is CC(C)(C)NC(=O)[C@H](Cc1ccccc1)N(Cc1ccc(Cl)cc1)C(=O)CN(c1ccccc1)S(=O)(=O)c1ccc(Cl)cc1. The van der Waals surface area contributed by atoms with Gasteiger partial charge in [-0.2, -0.15) is 0 Å². The van der Waals surface area contributed by atoms with Crippen LogP contribution in [0.25, 0.3) is 0 Å². The fourth-order valence-corrected chi connectivity index (χ4v) is 6.32. The number of anilines is 1. The van der Waals surface area contributed by atoms with Gasteiger partial charge in [-0.1, -0.05) is 83.9 Å². The van der Waals surface area contributed by atoms with Gasteiger partial charge in [-0.3, -0.25) is 13.9 Å². The van der Waals surface area contributed by atoms with E-state index in [0.29, 0.717) is 15.7 Å². The van der Waals surface area contributed by atoms with E-state index in [1.807, 2.05) is 51.1 Å². The summed E-state index contributed by atoms with van der Waals surface area (Å²) in [6.07, 6.45) is 0.220. The molecule has 0 aliphatic carbocycles. The number of carbonyl (C=O) groups is 2. The lowest BCUT2D eigenvalue weighted by Crippen LogP contribution is -2.56. The topological polar surface area (TPSA) is 86.8 Å². The van der Waals surface area contributed by atoms with Gasteiger partial charge in [0.1, 0.15) is 12.6 Å². The molecule has 0 heterocycles. The maximum absolute atomic E-state index is 14.4. The molecule has 4 aromatic rings. The molecule has 230 valence electrons. The first-order chi connectivity index (χ1) is 20.8. The fraction of sp³-hybridized carbons (Fsp3) is 0.235. The molecule has 0 unspecified atom stereocenters. The molecule has 0 saturated heterocycles. The van der Waals surface area contributed by atoms with Crippen molar-refractivity contribution in [1.82, 2.24) is 10.2 Å². The third kappa shape index (κ3) is 8.85. The summed E-state index contributed by atoms with van der Waals surface area (Å²) in [7, 11) is -4.20. The zero-order valence-electron chi connectivity index (χ0n) is 24.8. The molecular weight excluding hydrogens is 617 g/mol. The standard InChI is InChI=1S/C34H35Cl2N3O4S/c1-34(2,3)37-33(41)31(22-25-10-6-4-7-11-25)38(23-26-14-16-27(35)17-15-26)32(40)24-39(29-12-8-5-9-13-29)44(42,43)30-20-18-28(36)19-21-30/h4-21,31H,22-24H2,1-3H3,(H,37,41)/t31-/m0/s1. The Kier molecular flexibility index (Phi) is 10.7. The molecule has 44 heavy (non-hydrogen) atoms. The van der Waals surface area contributed by atoms with E-state index in [0.717, 1.165) is 15.4 Å². The summed E-state index contributed by atoms with van der Waals surface area (Å²) in [5.41, 5.74) is 1.32. The van der Waals surface area contributed by atoms with Crippen LogP contribution in [0.1, 0.15) is 31.9 Å². The highest BCUT2D eigenvalue weighted by atomic mass is 35.5. The van der Waals surface area contributed by atoms with Crippen molar-refractivity contribution in [2.24, 2.45) is 0 Å². The van der Waals surface area contributed by atoms with Gasteiger partial charge < -0.3 is 10.2 Å². The Bertz CT molecular complexity index is 1660. The quantitative estimate of drug-likeness (QED) is 0.194. The highest BCUT2D eigenvalue weighted by Gasteiger charge is 2.35. The molecule has 4 rings (SSSR count). The Hall–Kier alpha value is -3.85. The fourth-order valence-electron chi connectivity index (χ4n) is 4.65. The van der Waals surface area contributed by atoms with E-state index in [1.54, 1.807) is 54.6 Å². The Balaban J connectivity index is 1.79. The molecule has 0 fully saturated rings. The molecule has 1 N–H and O–H groups in total. The summed E-state index contributed by atoms with van der Waals surface area (Å²) < 4.78 is 29.1. The van der Waals surface area contributed by atoms with Gasteiger partial charge in [0, 0.05) is 28.5 Å². The van der Waals surface area contributed by atoms with Crippen LogP contribution in [-0.4, -0.2) is 43.3 Å². The van der Waals surface area contributed by atoms with Gasteiger partial charge in [-0.25, -0.2) is 8.42 Å². The van der Waals surface area contributed by atoms with Crippen molar-refractivity contribution in [3.8, 4) is 0 Å². The number of hydrogen-bond acceptors (Lipinski definition) is 4. The van der Waals surface area contributed by atoms with Crippen LogP contribution in [-0.2, 0) is 32.6 Å². The number of sulfonamides is 1. The molecule has 4 aromatic carbocycles. The number of benzene rings is 4. The largest absolute Gasteiger partial charge is 0.350 e. The van der Waals surface area contributed by atoms with Crippen molar-refractivity contribution in [3.63, 3.8) is 0 Å². The molecule has 0 aromatic heterocycles. The van der Waals surface area contributed by atoms with Gasteiger partial charge in [0.2, 0.25) is 11.8 Å². The van der Waals surface area contributed by atoms with Crippen molar-refractivity contribution in [3.05, 3.63) is 130 Å². The molecule has 0 spiro atoms. The number of hydrogen-bond donors (Lipinski definition) is 1. The maximum atomic E-state index is 14.4.